The summed E-state index contributed by atoms with van der Waals surface area (Å²) in [6.07, 6.45) is 8.71. The van der Waals surface area contributed by atoms with Gasteiger partial charge < -0.3 is 5.11 Å². The standard InChI is InChI=1S/C8H12O/c1-3-8(2)6-4-5-7-9/h1,6,9H,4-5,7H2,2H3/b8-6+. The van der Waals surface area contributed by atoms with E-state index in [0.717, 1.165) is 18.4 Å². The molecule has 0 heterocycles. The molecule has 0 aromatic carbocycles. The number of allylic oxidation sites excluding steroid dienone is 2. The maximum Gasteiger partial charge on any atom is 0.0433 e. The van der Waals surface area contributed by atoms with Crippen LogP contribution in [0.15, 0.2) is 11.6 Å². The van der Waals surface area contributed by atoms with E-state index in [0.29, 0.717) is 0 Å². The Kier molecular flexibility index (Phi) is 4.95. The zero-order valence-corrected chi connectivity index (χ0v) is 5.72. The van der Waals surface area contributed by atoms with E-state index < -0.39 is 0 Å². The molecule has 0 aliphatic rings. The van der Waals surface area contributed by atoms with E-state index >= 15 is 0 Å². The SMILES string of the molecule is C#C/C(C)=C/CCCO. The highest BCUT2D eigenvalue weighted by atomic mass is 16.2. The van der Waals surface area contributed by atoms with Crippen LogP contribution >= 0.6 is 0 Å². The quantitative estimate of drug-likeness (QED) is 0.444. The van der Waals surface area contributed by atoms with Gasteiger partial charge in [-0.15, -0.1) is 6.42 Å². The molecule has 9 heavy (non-hydrogen) atoms. The number of aliphatic hydroxyl groups is 1. The average Bonchev–Trinajstić information content (AvgIpc) is 1.89. The third kappa shape index (κ3) is 5.13. The molecule has 0 amide bonds. The van der Waals surface area contributed by atoms with Crippen molar-refractivity contribution in [3.05, 3.63) is 11.6 Å². The maximum atomic E-state index is 8.37. The fourth-order valence-electron chi connectivity index (χ4n) is 0.469. The molecule has 0 saturated heterocycles. The van der Waals surface area contributed by atoms with Crippen molar-refractivity contribution >= 4 is 0 Å². The largest absolute Gasteiger partial charge is 0.396 e. The molecule has 0 radical (unpaired) electrons. The van der Waals surface area contributed by atoms with Crippen LogP contribution in [0.2, 0.25) is 0 Å². The van der Waals surface area contributed by atoms with Crippen molar-refractivity contribution < 1.29 is 5.11 Å². The normalized spacial score (nSPS) is 11.0. The number of aliphatic hydroxyl groups excluding tert-OH is 1. The van der Waals surface area contributed by atoms with Gasteiger partial charge in [-0.05, 0) is 25.3 Å². The van der Waals surface area contributed by atoms with Crippen molar-refractivity contribution in [2.75, 3.05) is 6.61 Å². The van der Waals surface area contributed by atoms with Crippen LogP contribution < -0.4 is 0 Å². The molecule has 1 nitrogen and oxygen atoms in total. The first-order valence-corrected chi connectivity index (χ1v) is 3.05. The molecule has 0 aliphatic carbocycles. The van der Waals surface area contributed by atoms with Crippen LogP contribution in [0, 0.1) is 12.3 Å². The van der Waals surface area contributed by atoms with Gasteiger partial charge in [-0.1, -0.05) is 12.0 Å². The Morgan fingerprint density at radius 2 is 2.44 bits per heavy atom. The van der Waals surface area contributed by atoms with E-state index in [1.807, 2.05) is 13.0 Å². The lowest BCUT2D eigenvalue weighted by Crippen LogP contribution is -1.79. The lowest BCUT2D eigenvalue weighted by atomic mass is 10.2. The maximum absolute atomic E-state index is 8.37. The van der Waals surface area contributed by atoms with Crippen LogP contribution in [0.4, 0.5) is 0 Å². The molecule has 50 valence electrons. The molecule has 0 rings (SSSR count). The van der Waals surface area contributed by atoms with Crippen LogP contribution in [0.5, 0.6) is 0 Å². The van der Waals surface area contributed by atoms with Crippen molar-refractivity contribution in [3.8, 4) is 12.3 Å². The smallest absolute Gasteiger partial charge is 0.0433 e. The highest BCUT2D eigenvalue weighted by molar-refractivity contribution is 5.21. The van der Waals surface area contributed by atoms with Crippen LogP contribution in [0.1, 0.15) is 19.8 Å². The molecular formula is C8H12O. The summed E-state index contributed by atoms with van der Waals surface area (Å²) in [5.74, 6) is 2.50. The van der Waals surface area contributed by atoms with Crippen LogP contribution in [0.3, 0.4) is 0 Å². The summed E-state index contributed by atoms with van der Waals surface area (Å²) in [5.41, 5.74) is 0.948. The fraction of sp³-hybridized carbons (Fsp3) is 0.500. The molecule has 1 heteroatoms. The number of hydrogen-bond acceptors (Lipinski definition) is 1. The van der Waals surface area contributed by atoms with E-state index in [1.54, 1.807) is 0 Å². The van der Waals surface area contributed by atoms with Gasteiger partial charge in [0.1, 0.15) is 0 Å². The number of hydrogen-bond donors (Lipinski definition) is 1. The summed E-state index contributed by atoms with van der Waals surface area (Å²) in [6, 6.07) is 0. The Morgan fingerprint density at radius 1 is 1.78 bits per heavy atom. The van der Waals surface area contributed by atoms with E-state index in [1.165, 1.54) is 0 Å². The first-order valence-electron chi connectivity index (χ1n) is 3.05. The Morgan fingerprint density at radius 3 is 2.89 bits per heavy atom. The molecule has 1 N–H and O–H groups in total. The average molecular weight is 124 g/mol. The Balaban J connectivity index is 3.35. The van der Waals surface area contributed by atoms with Crippen LogP contribution in [-0.2, 0) is 0 Å². The predicted octanol–water partition coefficient (Wildman–Crippen LogP) is 1.34. The summed E-state index contributed by atoms with van der Waals surface area (Å²) in [5, 5.41) is 8.37. The van der Waals surface area contributed by atoms with Gasteiger partial charge in [0.05, 0.1) is 0 Å². The first kappa shape index (κ1) is 8.26. The topological polar surface area (TPSA) is 20.2 Å². The molecule has 0 aliphatic heterocycles. The van der Waals surface area contributed by atoms with Crippen molar-refractivity contribution in [2.45, 2.75) is 19.8 Å². The van der Waals surface area contributed by atoms with Crippen LogP contribution in [0.25, 0.3) is 0 Å². The predicted molar refractivity (Wildman–Crippen MR) is 38.9 cm³/mol. The van der Waals surface area contributed by atoms with E-state index in [4.69, 9.17) is 11.5 Å². The van der Waals surface area contributed by atoms with Gasteiger partial charge in [-0.3, -0.25) is 0 Å². The summed E-state index contributed by atoms with van der Waals surface area (Å²) >= 11 is 0. The van der Waals surface area contributed by atoms with Crippen LogP contribution in [-0.4, -0.2) is 11.7 Å². The summed E-state index contributed by atoms with van der Waals surface area (Å²) in [4.78, 5) is 0. The highest BCUT2D eigenvalue weighted by Crippen LogP contribution is 1.95. The minimum Gasteiger partial charge on any atom is -0.396 e. The van der Waals surface area contributed by atoms with Gasteiger partial charge in [0, 0.05) is 6.61 Å². The molecule has 0 spiro atoms. The lowest BCUT2D eigenvalue weighted by molar-refractivity contribution is 0.289. The molecule has 0 unspecified atom stereocenters. The monoisotopic (exact) mass is 124 g/mol. The second-order valence-electron chi connectivity index (χ2n) is 1.90. The van der Waals surface area contributed by atoms with Gasteiger partial charge in [0.25, 0.3) is 0 Å². The molecule has 0 atom stereocenters. The van der Waals surface area contributed by atoms with Crippen molar-refractivity contribution in [1.82, 2.24) is 0 Å². The Bertz CT molecular complexity index is 128. The summed E-state index contributed by atoms with van der Waals surface area (Å²) in [6.45, 7) is 2.13. The third-order valence-electron chi connectivity index (χ3n) is 1.04. The zero-order valence-electron chi connectivity index (χ0n) is 5.72. The van der Waals surface area contributed by atoms with Gasteiger partial charge >= 0.3 is 0 Å². The summed E-state index contributed by atoms with van der Waals surface area (Å²) in [7, 11) is 0. The Labute approximate surface area is 56.4 Å². The number of terminal acetylenes is 1. The molecule has 0 aromatic rings. The Hall–Kier alpha value is -0.740. The first-order chi connectivity index (χ1) is 4.31. The van der Waals surface area contributed by atoms with E-state index in [-0.39, 0.29) is 6.61 Å². The van der Waals surface area contributed by atoms with Gasteiger partial charge in [0.15, 0.2) is 0 Å². The van der Waals surface area contributed by atoms with Crippen molar-refractivity contribution in [3.63, 3.8) is 0 Å². The highest BCUT2D eigenvalue weighted by Gasteiger charge is 1.80. The third-order valence-corrected chi connectivity index (χ3v) is 1.04. The molecular weight excluding hydrogens is 112 g/mol. The molecule has 0 aromatic heterocycles. The second-order valence-corrected chi connectivity index (χ2v) is 1.90. The number of unbranched alkanes of at least 4 members (excludes halogenated alkanes) is 1. The van der Waals surface area contributed by atoms with Gasteiger partial charge in [-0.2, -0.15) is 0 Å². The van der Waals surface area contributed by atoms with E-state index in [9.17, 15) is 0 Å². The fourth-order valence-corrected chi connectivity index (χ4v) is 0.469. The lowest BCUT2D eigenvalue weighted by Gasteiger charge is -1.88. The zero-order chi connectivity index (χ0) is 7.11. The van der Waals surface area contributed by atoms with Crippen molar-refractivity contribution in [1.29, 1.82) is 0 Å². The van der Waals surface area contributed by atoms with Crippen molar-refractivity contribution in [2.24, 2.45) is 0 Å². The molecule has 0 saturated carbocycles. The summed E-state index contributed by atoms with van der Waals surface area (Å²) < 4.78 is 0. The minimum absolute atomic E-state index is 0.244. The van der Waals surface area contributed by atoms with Gasteiger partial charge in [-0.25, -0.2) is 0 Å². The molecule has 0 bridgehead atoms. The number of rotatable bonds is 3. The van der Waals surface area contributed by atoms with E-state index in [2.05, 4.69) is 5.92 Å². The molecule has 0 fully saturated rings. The minimum atomic E-state index is 0.244. The van der Waals surface area contributed by atoms with Gasteiger partial charge in [0.2, 0.25) is 0 Å². The second kappa shape index (κ2) is 5.40.